The molecule has 0 radical (unpaired) electrons. The molecule has 2 rings (SSSR count). The van der Waals surface area contributed by atoms with Gasteiger partial charge in [-0.15, -0.1) is 0 Å². The third-order valence-electron chi connectivity index (χ3n) is 5.73. The highest BCUT2D eigenvalue weighted by Gasteiger charge is 2.31. The van der Waals surface area contributed by atoms with Crippen molar-refractivity contribution in [3.63, 3.8) is 0 Å². The van der Waals surface area contributed by atoms with Crippen molar-refractivity contribution in [1.29, 1.82) is 0 Å². The molecule has 2 unspecified atom stereocenters. The first-order valence-corrected chi connectivity index (χ1v) is 10.5. The number of imide groups is 1. The fraction of sp³-hybridized carbons (Fsp3) is 0.850. The standard InChI is InChI=1S/C20H36N4O3/c1-3-24(20(27)22-9-12-23-10-4-5-11-23)19(26)17(15-21-2)13-16-7-6-8-18(25)14-16/h16-17,21H,3-15H2,1-2H3,(H,22,27). The minimum absolute atomic E-state index is 0.136. The van der Waals surface area contributed by atoms with Gasteiger partial charge in [0.05, 0.1) is 5.92 Å². The maximum atomic E-state index is 13.0. The van der Waals surface area contributed by atoms with Crippen LogP contribution in [0.3, 0.4) is 0 Å². The molecule has 2 atom stereocenters. The number of amides is 3. The zero-order chi connectivity index (χ0) is 19.6. The molecule has 7 heteroatoms. The summed E-state index contributed by atoms with van der Waals surface area (Å²) in [7, 11) is 1.82. The summed E-state index contributed by atoms with van der Waals surface area (Å²) >= 11 is 0. The molecule has 1 saturated heterocycles. The third kappa shape index (κ3) is 6.88. The quantitative estimate of drug-likeness (QED) is 0.635. The van der Waals surface area contributed by atoms with Crippen molar-refractivity contribution in [2.45, 2.75) is 51.9 Å². The molecule has 2 fully saturated rings. The van der Waals surface area contributed by atoms with E-state index in [9.17, 15) is 14.4 Å². The Labute approximate surface area is 163 Å². The molecule has 1 aliphatic heterocycles. The largest absolute Gasteiger partial charge is 0.336 e. The second kappa shape index (κ2) is 11.4. The summed E-state index contributed by atoms with van der Waals surface area (Å²) in [5, 5.41) is 5.98. The van der Waals surface area contributed by atoms with Crippen molar-refractivity contribution in [1.82, 2.24) is 20.4 Å². The first kappa shape index (κ1) is 21.8. The Kier molecular flexibility index (Phi) is 9.21. The number of likely N-dealkylation sites (tertiary alicyclic amines) is 1. The van der Waals surface area contributed by atoms with Gasteiger partial charge in [-0.25, -0.2) is 4.79 Å². The normalized spacial score (nSPS) is 21.9. The van der Waals surface area contributed by atoms with E-state index in [0.717, 1.165) is 32.5 Å². The highest BCUT2D eigenvalue weighted by Crippen LogP contribution is 2.28. The van der Waals surface area contributed by atoms with E-state index < -0.39 is 0 Å². The van der Waals surface area contributed by atoms with Gasteiger partial charge in [0.2, 0.25) is 5.91 Å². The van der Waals surface area contributed by atoms with Gasteiger partial charge in [-0.1, -0.05) is 0 Å². The van der Waals surface area contributed by atoms with Gasteiger partial charge in [0.15, 0.2) is 0 Å². The monoisotopic (exact) mass is 380 g/mol. The number of hydrogen-bond donors (Lipinski definition) is 2. The van der Waals surface area contributed by atoms with Crippen LogP contribution in [0.4, 0.5) is 4.79 Å². The molecule has 1 heterocycles. The Morgan fingerprint density at radius 2 is 2.00 bits per heavy atom. The summed E-state index contributed by atoms with van der Waals surface area (Å²) in [6.07, 6.45) is 6.27. The molecule has 0 spiro atoms. The van der Waals surface area contributed by atoms with E-state index >= 15 is 0 Å². The van der Waals surface area contributed by atoms with E-state index in [-0.39, 0.29) is 23.8 Å². The molecule has 0 aromatic carbocycles. The zero-order valence-corrected chi connectivity index (χ0v) is 17.0. The van der Waals surface area contributed by atoms with Gasteiger partial charge in [-0.2, -0.15) is 0 Å². The van der Waals surface area contributed by atoms with Crippen molar-refractivity contribution >= 4 is 17.7 Å². The minimum atomic E-state index is -0.303. The molecule has 154 valence electrons. The third-order valence-corrected chi connectivity index (χ3v) is 5.73. The summed E-state index contributed by atoms with van der Waals surface area (Å²) in [6.45, 7) is 6.31. The van der Waals surface area contributed by atoms with Gasteiger partial charge in [-0.05, 0) is 65.1 Å². The van der Waals surface area contributed by atoms with Crippen molar-refractivity contribution in [2.24, 2.45) is 11.8 Å². The molecule has 1 aliphatic carbocycles. The summed E-state index contributed by atoms with van der Waals surface area (Å²) in [6, 6.07) is -0.303. The molecular formula is C20H36N4O3. The molecule has 27 heavy (non-hydrogen) atoms. The second-order valence-electron chi connectivity index (χ2n) is 7.85. The summed E-state index contributed by atoms with van der Waals surface area (Å²) < 4.78 is 0. The van der Waals surface area contributed by atoms with Crippen LogP contribution in [0.25, 0.3) is 0 Å². The lowest BCUT2D eigenvalue weighted by molar-refractivity contribution is -0.133. The van der Waals surface area contributed by atoms with Gasteiger partial charge in [0.1, 0.15) is 5.78 Å². The summed E-state index contributed by atoms with van der Waals surface area (Å²) in [5.41, 5.74) is 0. The predicted octanol–water partition coefficient (Wildman–Crippen LogP) is 1.63. The maximum Gasteiger partial charge on any atom is 0.324 e. The van der Waals surface area contributed by atoms with Crippen LogP contribution in [0.2, 0.25) is 0 Å². The van der Waals surface area contributed by atoms with Crippen LogP contribution in [0.1, 0.15) is 51.9 Å². The fourth-order valence-corrected chi connectivity index (χ4v) is 4.28. The van der Waals surface area contributed by atoms with E-state index in [4.69, 9.17) is 0 Å². The summed E-state index contributed by atoms with van der Waals surface area (Å²) in [5.74, 6) is 0.151. The lowest BCUT2D eigenvalue weighted by atomic mass is 9.81. The zero-order valence-electron chi connectivity index (χ0n) is 17.0. The number of hydrogen-bond acceptors (Lipinski definition) is 5. The number of carbonyl (C=O) groups excluding carboxylic acids is 3. The van der Waals surface area contributed by atoms with Crippen LogP contribution < -0.4 is 10.6 Å². The molecule has 7 nitrogen and oxygen atoms in total. The van der Waals surface area contributed by atoms with Crippen LogP contribution in [-0.4, -0.2) is 73.8 Å². The SMILES string of the molecule is CCN(C(=O)NCCN1CCCC1)C(=O)C(CNC)CC1CCCC(=O)C1. The lowest BCUT2D eigenvalue weighted by Crippen LogP contribution is -2.49. The Balaban J connectivity index is 1.87. The first-order valence-electron chi connectivity index (χ1n) is 10.5. The molecule has 0 aromatic rings. The minimum Gasteiger partial charge on any atom is -0.336 e. The Bertz CT molecular complexity index is 505. The second-order valence-corrected chi connectivity index (χ2v) is 7.85. The molecule has 2 aliphatic rings. The number of rotatable bonds is 9. The topological polar surface area (TPSA) is 81.8 Å². The molecule has 1 saturated carbocycles. The first-order chi connectivity index (χ1) is 13.0. The number of nitrogens with zero attached hydrogens (tertiary/aromatic N) is 2. The Morgan fingerprint density at radius 1 is 1.26 bits per heavy atom. The predicted molar refractivity (Wildman–Crippen MR) is 105 cm³/mol. The number of nitrogens with one attached hydrogen (secondary N) is 2. The van der Waals surface area contributed by atoms with Gasteiger partial charge >= 0.3 is 6.03 Å². The molecule has 0 aromatic heterocycles. The number of carbonyl (C=O) groups is 3. The summed E-state index contributed by atoms with van der Waals surface area (Å²) in [4.78, 5) is 40.9. The van der Waals surface area contributed by atoms with E-state index in [2.05, 4.69) is 15.5 Å². The molecule has 0 bridgehead atoms. The van der Waals surface area contributed by atoms with E-state index in [1.54, 1.807) is 0 Å². The Hall–Kier alpha value is -1.47. The Morgan fingerprint density at radius 3 is 2.63 bits per heavy atom. The van der Waals surface area contributed by atoms with Gasteiger partial charge in [-0.3, -0.25) is 14.5 Å². The smallest absolute Gasteiger partial charge is 0.324 e. The fourth-order valence-electron chi connectivity index (χ4n) is 4.28. The van der Waals surface area contributed by atoms with E-state index in [1.807, 2.05) is 14.0 Å². The molecular weight excluding hydrogens is 344 g/mol. The molecule has 3 amide bonds. The van der Waals surface area contributed by atoms with Crippen LogP contribution >= 0.6 is 0 Å². The average Bonchev–Trinajstić information content (AvgIpc) is 3.15. The van der Waals surface area contributed by atoms with Gasteiger partial charge in [0.25, 0.3) is 0 Å². The number of ketones is 1. The number of urea groups is 1. The van der Waals surface area contributed by atoms with Gasteiger partial charge < -0.3 is 15.5 Å². The van der Waals surface area contributed by atoms with Crippen LogP contribution in [0, 0.1) is 11.8 Å². The number of Topliss-reactive ketones (excluding diaryl/α,β-unsaturated/α-hetero) is 1. The van der Waals surface area contributed by atoms with Crippen LogP contribution in [0.15, 0.2) is 0 Å². The highest BCUT2D eigenvalue weighted by atomic mass is 16.2. The van der Waals surface area contributed by atoms with Crippen molar-refractivity contribution < 1.29 is 14.4 Å². The van der Waals surface area contributed by atoms with Crippen LogP contribution in [-0.2, 0) is 9.59 Å². The molecule has 2 N–H and O–H groups in total. The average molecular weight is 381 g/mol. The van der Waals surface area contributed by atoms with Gasteiger partial charge in [0, 0.05) is 39.0 Å². The van der Waals surface area contributed by atoms with Crippen molar-refractivity contribution in [2.75, 3.05) is 46.3 Å². The van der Waals surface area contributed by atoms with Crippen LogP contribution in [0.5, 0.6) is 0 Å². The lowest BCUT2D eigenvalue weighted by Gasteiger charge is -2.29. The van der Waals surface area contributed by atoms with E-state index in [1.165, 1.54) is 17.7 Å². The van der Waals surface area contributed by atoms with E-state index in [0.29, 0.717) is 44.7 Å². The van der Waals surface area contributed by atoms with Crippen molar-refractivity contribution in [3.8, 4) is 0 Å². The maximum absolute atomic E-state index is 13.0. The highest BCUT2D eigenvalue weighted by molar-refractivity contribution is 5.95. The van der Waals surface area contributed by atoms with Crippen molar-refractivity contribution in [3.05, 3.63) is 0 Å².